The highest BCUT2D eigenvalue weighted by molar-refractivity contribution is 9.10. The summed E-state index contributed by atoms with van der Waals surface area (Å²) in [4.78, 5) is 40.2. The Morgan fingerprint density at radius 2 is 1.80 bits per heavy atom. The molecule has 40 heavy (non-hydrogen) atoms. The number of aliphatic hydroxyl groups excluding tert-OH is 1. The van der Waals surface area contributed by atoms with Gasteiger partial charge < -0.3 is 19.5 Å². The normalized spacial score (nSPS) is 24.4. The molecule has 4 aromatic rings. The van der Waals surface area contributed by atoms with Gasteiger partial charge in [0, 0.05) is 28.1 Å². The zero-order valence-corrected chi connectivity index (χ0v) is 25.2. The number of H-pyrrole nitrogens is 1. The number of aromatic nitrogens is 2. The second kappa shape index (κ2) is 9.81. The Balaban J connectivity index is 1.36. The van der Waals surface area contributed by atoms with Gasteiger partial charge >= 0.3 is 0 Å². The Morgan fingerprint density at radius 3 is 2.48 bits per heavy atom. The summed E-state index contributed by atoms with van der Waals surface area (Å²) < 4.78 is 9.00. The molecule has 0 radical (unpaired) electrons. The predicted molar refractivity (Wildman–Crippen MR) is 160 cm³/mol. The number of para-hydroxylation sites is 1. The van der Waals surface area contributed by atoms with Gasteiger partial charge in [0.25, 0.3) is 11.5 Å². The molecule has 1 spiro atoms. The molecule has 2 aliphatic heterocycles. The lowest BCUT2D eigenvalue weighted by molar-refractivity contribution is -0.146. The molecule has 3 aromatic carbocycles. The summed E-state index contributed by atoms with van der Waals surface area (Å²) in [7, 11) is -2.75. The van der Waals surface area contributed by atoms with Crippen LogP contribution in [-0.2, 0) is 21.7 Å². The van der Waals surface area contributed by atoms with E-state index in [1.165, 1.54) is 4.68 Å². The first-order valence-corrected chi connectivity index (χ1v) is 17.3. The first-order valence-electron chi connectivity index (χ1n) is 13.5. The van der Waals surface area contributed by atoms with E-state index >= 15 is 0 Å². The van der Waals surface area contributed by atoms with Gasteiger partial charge in [0.05, 0.1) is 34.9 Å². The van der Waals surface area contributed by atoms with E-state index in [9.17, 15) is 19.5 Å². The monoisotopic (exact) mass is 621 g/mol. The molecular weight excluding hydrogens is 590 g/mol. The Bertz CT molecular complexity index is 1660. The fourth-order valence-corrected chi connectivity index (χ4v) is 9.74. The van der Waals surface area contributed by atoms with Crippen molar-refractivity contribution in [2.45, 2.75) is 50.2 Å². The van der Waals surface area contributed by atoms with Gasteiger partial charge in [-0.15, -0.1) is 0 Å². The second-order valence-corrected chi connectivity index (χ2v) is 16.3. The van der Waals surface area contributed by atoms with Gasteiger partial charge in [-0.2, -0.15) is 0 Å². The van der Waals surface area contributed by atoms with Crippen LogP contribution in [0.5, 0.6) is 0 Å². The number of rotatable bonds is 6. The van der Waals surface area contributed by atoms with Gasteiger partial charge in [-0.25, -0.2) is 4.68 Å². The lowest BCUT2D eigenvalue weighted by Gasteiger charge is -2.32. The number of benzene rings is 3. The fourth-order valence-electron chi connectivity index (χ4n) is 6.78. The molecule has 4 atom stereocenters. The molecule has 6 rings (SSSR count). The number of halogens is 1. The largest absolute Gasteiger partial charge is 0.432 e. The molecule has 1 amide bonds. The van der Waals surface area contributed by atoms with Crippen LogP contribution >= 0.6 is 15.9 Å². The summed E-state index contributed by atoms with van der Waals surface area (Å²) >= 11 is 3.57. The number of nitrogens with one attached hydrogen (secondary N) is 1. The molecule has 3 heterocycles. The summed E-state index contributed by atoms with van der Waals surface area (Å²) in [6.45, 7) is 5.98. The van der Waals surface area contributed by atoms with Crippen LogP contribution in [0.25, 0.3) is 16.6 Å². The molecule has 8 nitrogen and oxygen atoms in total. The van der Waals surface area contributed by atoms with Crippen LogP contribution in [0.3, 0.4) is 0 Å². The number of hydrogen-bond donors (Lipinski definition) is 3. The number of amides is 1. The van der Waals surface area contributed by atoms with Crippen molar-refractivity contribution in [2.75, 3.05) is 11.5 Å². The van der Waals surface area contributed by atoms with Crippen LogP contribution in [0, 0.1) is 5.92 Å². The van der Waals surface area contributed by atoms with E-state index in [1.807, 2.05) is 80.7 Å². The second-order valence-electron chi connectivity index (χ2n) is 11.4. The minimum atomic E-state index is -2.75. The van der Waals surface area contributed by atoms with Crippen molar-refractivity contribution in [2.24, 2.45) is 5.92 Å². The number of aliphatic hydroxyl groups is 1. The predicted octanol–water partition coefficient (Wildman–Crippen LogP) is 4.81. The van der Waals surface area contributed by atoms with Gasteiger partial charge in [0.15, 0.2) is 13.9 Å². The minimum absolute atomic E-state index is 0.0799. The Kier molecular flexibility index (Phi) is 6.66. The number of hydrogen-bond acceptors (Lipinski definition) is 5. The third-order valence-electron chi connectivity index (χ3n) is 8.49. The molecule has 0 aliphatic carbocycles. The van der Waals surface area contributed by atoms with E-state index in [0.29, 0.717) is 24.0 Å². The maximum atomic E-state index is 14.4. The van der Waals surface area contributed by atoms with E-state index in [1.54, 1.807) is 11.0 Å². The highest BCUT2D eigenvalue weighted by Gasteiger charge is 2.66. The summed E-state index contributed by atoms with van der Waals surface area (Å²) in [5.41, 5.74) is 2.35. The molecule has 0 saturated carbocycles. The summed E-state index contributed by atoms with van der Waals surface area (Å²) in [5.74, 6) is -0.440. The zero-order valence-electron chi connectivity index (χ0n) is 22.6. The third kappa shape index (κ3) is 4.12. The van der Waals surface area contributed by atoms with Gasteiger partial charge in [-0.3, -0.25) is 14.7 Å². The first-order chi connectivity index (χ1) is 19.1. The molecule has 1 aromatic heterocycles. The molecular formula is C30H32BrN3O5Si. The van der Waals surface area contributed by atoms with Crippen molar-refractivity contribution in [3.8, 4) is 5.69 Å². The highest BCUT2D eigenvalue weighted by Crippen LogP contribution is 2.60. The number of fused-ring (bicyclic) bond motifs is 3. The van der Waals surface area contributed by atoms with E-state index in [4.69, 9.17) is 4.74 Å². The smallest absolute Gasteiger partial charge is 0.279 e. The standard InChI is InChI=1S/C30H32BrN3O5Si/c1-18-27(40(2,3)38)26(14-15-35)39-30(18)23-16-20(31)10-13-25(23)33(29(30)37)17-19-8-11-21(12-9-19)34-28(36)22-6-4-5-7-24(22)32-34/h4-13,16,18,26-27,32,35,38H,14-15,17H2,1-3H3/t18-,26+,27-,30+/m0/s1. The van der Waals surface area contributed by atoms with Crippen molar-refractivity contribution in [1.82, 2.24) is 9.78 Å². The molecule has 0 unspecified atom stereocenters. The average molecular weight is 623 g/mol. The van der Waals surface area contributed by atoms with E-state index in [2.05, 4.69) is 21.0 Å². The SMILES string of the molecule is C[C@H]1[C@H]([Si](C)(C)O)[C@@H](CCO)O[C@]12C(=O)N(Cc1ccc(-n3[nH]c4ccccc4c3=O)cc1)c1ccc(Br)cc12. The van der Waals surface area contributed by atoms with Gasteiger partial charge in [0.1, 0.15) is 0 Å². The summed E-state index contributed by atoms with van der Waals surface area (Å²) in [6, 6.07) is 20.8. The van der Waals surface area contributed by atoms with Gasteiger partial charge in [-0.1, -0.05) is 47.1 Å². The van der Waals surface area contributed by atoms with Crippen molar-refractivity contribution in [3.63, 3.8) is 0 Å². The number of carbonyl (C=O) groups is 1. The van der Waals surface area contributed by atoms with Crippen molar-refractivity contribution in [1.29, 1.82) is 0 Å². The number of anilines is 1. The number of carbonyl (C=O) groups excluding carboxylic acids is 1. The number of aromatic amines is 1. The maximum absolute atomic E-state index is 14.4. The number of nitrogens with zero attached hydrogens (tertiary/aromatic N) is 2. The molecule has 3 N–H and O–H groups in total. The van der Waals surface area contributed by atoms with Crippen LogP contribution in [0.2, 0.25) is 18.6 Å². The quantitative estimate of drug-likeness (QED) is 0.268. The van der Waals surface area contributed by atoms with Crippen molar-refractivity contribution >= 4 is 46.7 Å². The van der Waals surface area contributed by atoms with Crippen LogP contribution in [-0.4, -0.2) is 46.6 Å². The Morgan fingerprint density at radius 1 is 1.07 bits per heavy atom. The van der Waals surface area contributed by atoms with E-state index < -0.39 is 20.0 Å². The molecule has 0 bridgehead atoms. The molecule has 208 valence electrons. The Hall–Kier alpha value is -3.02. The fraction of sp³-hybridized carbons (Fsp3) is 0.333. The van der Waals surface area contributed by atoms with E-state index in [-0.39, 0.29) is 29.5 Å². The van der Waals surface area contributed by atoms with Gasteiger partial charge in [-0.05, 0) is 67.5 Å². The minimum Gasteiger partial charge on any atom is -0.432 e. The van der Waals surface area contributed by atoms with Crippen molar-refractivity contribution < 1.29 is 19.4 Å². The molecule has 1 fully saturated rings. The molecule has 1 saturated heterocycles. The third-order valence-corrected chi connectivity index (χ3v) is 11.5. The van der Waals surface area contributed by atoms with Crippen LogP contribution in [0.1, 0.15) is 24.5 Å². The van der Waals surface area contributed by atoms with E-state index in [0.717, 1.165) is 26.8 Å². The summed E-state index contributed by atoms with van der Waals surface area (Å²) in [5, 5.41) is 13.5. The first kappa shape index (κ1) is 27.2. The van der Waals surface area contributed by atoms with Crippen molar-refractivity contribution in [3.05, 3.63) is 92.7 Å². The molecule has 10 heteroatoms. The van der Waals surface area contributed by atoms with Crippen LogP contribution < -0.4 is 10.5 Å². The lowest BCUT2D eigenvalue weighted by atomic mass is 9.82. The van der Waals surface area contributed by atoms with Gasteiger partial charge in [0.2, 0.25) is 0 Å². The Labute approximate surface area is 241 Å². The summed E-state index contributed by atoms with van der Waals surface area (Å²) in [6.07, 6.45) is -0.0600. The average Bonchev–Trinajstić information content (AvgIpc) is 3.49. The molecule has 2 aliphatic rings. The zero-order chi connectivity index (χ0) is 28.4. The highest BCUT2D eigenvalue weighted by atomic mass is 79.9. The topological polar surface area (TPSA) is 108 Å². The van der Waals surface area contributed by atoms with Crippen LogP contribution in [0.15, 0.2) is 76.0 Å². The number of ether oxygens (including phenoxy) is 1. The maximum Gasteiger partial charge on any atom is 0.279 e. The van der Waals surface area contributed by atoms with Crippen LogP contribution in [0.4, 0.5) is 5.69 Å². The lowest BCUT2D eigenvalue weighted by Crippen LogP contribution is -2.46.